The highest BCUT2D eigenvalue weighted by Gasteiger charge is 2.23. The van der Waals surface area contributed by atoms with Crippen molar-refractivity contribution in [2.24, 2.45) is 0 Å². The zero-order valence-corrected chi connectivity index (χ0v) is 11.8. The summed E-state index contributed by atoms with van der Waals surface area (Å²) >= 11 is 7.55. The number of carboxylic acid groups (broad SMARTS) is 1. The third-order valence-corrected chi connectivity index (χ3v) is 4.64. The summed E-state index contributed by atoms with van der Waals surface area (Å²) in [4.78, 5) is 14.4. The summed E-state index contributed by atoms with van der Waals surface area (Å²) in [5.74, 6) is -0.695. The number of piperidine rings is 1. The van der Waals surface area contributed by atoms with Gasteiger partial charge in [-0.1, -0.05) is 18.0 Å². The fourth-order valence-corrected chi connectivity index (χ4v) is 3.64. The summed E-state index contributed by atoms with van der Waals surface area (Å²) in [6, 6.07) is 4.41. The van der Waals surface area contributed by atoms with Crippen molar-refractivity contribution in [2.75, 3.05) is 6.54 Å². The third kappa shape index (κ3) is 3.97. The van der Waals surface area contributed by atoms with E-state index < -0.39 is 5.97 Å². The molecular formula is C13H18ClNO2S. The van der Waals surface area contributed by atoms with E-state index in [-0.39, 0.29) is 6.42 Å². The maximum Gasteiger partial charge on any atom is 0.303 e. The number of thiophene rings is 1. The van der Waals surface area contributed by atoms with Gasteiger partial charge in [0.1, 0.15) is 0 Å². The van der Waals surface area contributed by atoms with E-state index in [1.54, 1.807) is 11.3 Å². The van der Waals surface area contributed by atoms with E-state index in [4.69, 9.17) is 16.7 Å². The zero-order valence-electron chi connectivity index (χ0n) is 10.3. The van der Waals surface area contributed by atoms with Crippen LogP contribution in [0.3, 0.4) is 0 Å². The molecule has 1 unspecified atom stereocenters. The standard InChI is InChI=1S/C13H18ClNO2S/c14-12-6-5-11(18-12)9-15-8-2-1-3-10(15)4-7-13(16)17/h5-6,10H,1-4,7-9H2,(H,16,17). The van der Waals surface area contributed by atoms with Gasteiger partial charge in [-0.2, -0.15) is 0 Å². The average Bonchev–Trinajstić information content (AvgIpc) is 2.73. The van der Waals surface area contributed by atoms with Crippen LogP contribution in [0.5, 0.6) is 0 Å². The average molecular weight is 288 g/mol. The first-order chi connectivity index (χ1) is 8.65. The molecule has 2 heterocycles. The molecule has 0 amide bonds. The molecule has 1 aromatic heterocycles. The van der Waals surface area contributed by atoms with E-state index in [1.165, 1.54) is 17.7 Å². The molecule has 0 bridgehead atoms. The predicted molar refractivity (Wildman–Crippen MR) is 74.2 cm³/mol. The van der Waals surface area contributed by atoms with Crippen LogP contribution in [0.4, 0.5) is 0 Å². The monoisotopic (exact) mass is 287 g/mol. The van der Waals surface area contributed by atoms with Crippen molar-refractivity contribution in [3.05, 3.63) is 21.3 Å². The molecule has 2 rings (SSSR count). The molecule has 3 nitrogen and oxygen atoms in total. The number of carboxylic acids is 1. The first-order valence-corrected chi connectivity index (χ1v) is 7.54. The number of halogens is 1. The number of aliphatic carboxylic acids is 1. The van der Waals surface area contributed by atoms with Crippen molar-refractivity contribution in [3.8, 4) is 0 Å². The van der Waals surface area contributed by atoms with Gasteiger partial charge in [-0.15, -0.1) is 11.3 Å². The highest BCUT2D eigenvalue weighted by Crippen LogP contribution is 2.27. The summed E-state index contributed by atoms with van der Waals surface area (Å²) in [6.07, 6.45) is 4.57. The lowest BCUT2D eigenvalue weighted by molar-refractivity contribution is -0.137. The number of likely N-dealkylation sites (tertiary alicyclic amines) is 1. The van der Waals surface area contributed by atoms with Crippen LogP contribution in [0.25, 0.3) is 0 Å². The Morgan fingerprint density at radius 2 is 2.33 bits per heavy atom. The molecule has 100 valence electrons. The Morgan fingerprint density at radius 1 is 1.50 bits per heavy atom. The highest BCUT2D eigenvalue weighted by molar-refractivity contribution is 7.16. The van der Waals surface area contributed by atoms with Gasteiger partial charge in [-0.3, -0.25) is 9.69 Å². The van der Waals surface area contributed by atoms with Gasteiger partial charge >= 0.3 is 5.97 Å². The lowest BCUT2D eigenvalue weighted by Gasteiger charge is -2.35. The van der Waals surface area contributed by atoms with Gasteiger partial charge < -0.3 is 5.11 Å². The van der Waals surface area contributed by atoms with Crippen LogP contribution in [0, 0.1) is 0 Å². The first kappa shape index (κ1) is 13.8. The molecule has 1 N–H and O–H groups in total. The Bertz CT molecular complexity index is 407. The van der Waals surface area contributed by atoms with Gasteiger partial charge in [0, 0.05) is 23.9 Å². The van der Waals surface area contributed by atoms with Crippen LogP contribution in [0.1, 0.15) is 37.0 Å². The normalized spacial score (nSPS) is 21.1. The summed E-state index contributed by atoms with van der Waals surface area (Å²) in [6.45, 7) is 1.97. The number of carbonyl (C=O) groups is 1. The van der Waals surface area contributed by atoms with E-state index >= 15 is 0 Å². The van der Waals surface area contributed by atoms with Crippen molar-refractivity contribution in [2.45, 2.75) is 44.7 Å². The molecular weight excluding hydrogens is 270 g/mol. The van der Waals surface area contributed by atoms with Gasteiger partial charge in [-0.25, -0.2) is 0 Å². The molecule has 5 heteroatoms. The van der Waals surface area contributed by atoms with Crippen LogP contribution < -0.4 is 0 Å². The fraction of sp³-hybridized carbons (Fsp3) is 0.615. The van der Waals surface area contributed by atoms with Crippen molar-refractivity contribution >= 4 is 28.9 Å². The van der Waals surface area contributed by atoms with E-state index in [2.05, 4.69) is 11.0 Å². The second-order valence-electron chi connectivity index (χ2n) is 4.76. The lowest BCUT2D eigenvalue weighted by Crippen LogP contribution is -2.39. The number of rotatable bonds is 5. The lowest BCUT2D eigenvalue weighted by atomic mass is 9.98. The summed E-state index contributed by atoms with van der Waals surface area (Å²) in [5.41, 5.74) is 0. The minimum Gasteiger partial charge on any atom is -0.481 e. The SMILES string of the molecule is O=C(O)CCC1CCCCN1Cc1ccc(Cl)s1. The molecule has 0 aromatic carbocycles. The van der Waals surface area contributed by atoms with Crippen molar-refractivity contribution < 1.29 is 9.90 Å². The molecule has 0 radical (unpaired) electrons. The van der Waals surface area contributed by atoms with E-state index in [1.807, 2.05) is 6.07 Å². The molecule has 18 heavy (non-hydrogen) atoms. The quantitative estimate of drug-likeness (QED) is 0.899. The van der Waals surface area contributed by atoms with E-state index in [0.717, 1.165) is 30.3 Å². The summed E-state index contributed by atoms with van der Waals surface area (Å²) in [7, 11) is 0. The van der Waals surface area contributed by atoms with Gasteiger partial charge in [-0.05, 0) is 37.9 Å². The zero-order chi connectivity index (χ0) is 13.0. The van der Waals surface area contributed by atoms with Crippen molar-refractivity contribution in [3.63, 3.8) is 0 Å². The minimum absolute atomic E-state index is 0.270. The maximum atomic E-state index is 10.7. The van der Waals surface area contributed by atoms with E-state index in [9.17, 15) is 4.79 Å². The van der Waals surface area contributed by atoms with Crippen LogP contribution in [0.15, 0.2) is 12.1 Å². The van der Waals surface area contributed by atoms with Crippen molar-refractivity contribution in [1.82, 2.24) is 4.90 Å². The molecule has 1 saturated heterocycles. The Balaban J connectivity index is 1.92. The van der Waals surface area contributed by atoms with Crippen LogP contribution >= 0.6 is 22.9 Å². The second kappa shape index (κ2) is 6.55. The van der Waals surface area contributed by atoms with Crippen LogP contribution in [-0.4, -0.2) is 28.6 Å². The van der Waals surface area contributed by atoms with Crippen LogP contribution in [0.2, 0.25) is 4.34 Å². The smallest absolute Gasteiger partial charge is 0.303 e. The molecule has 0 spiro atoms. The maximum absolute atomic E-state index is 10.7. The molecule has 1 aliphatic rings. The molecule has 1 aliphatic heterocycles. The fourth-order valence-electron chi connectivity index (χ4n) is 2.52. The molecule has 0 aliphatic carbocycles. The van der Waals surface area contributed by atoms with Gasteiger partial charge in [0.15, 0.2) is 0 Å². The minimum atomic E-state index is -0.695. The topological polar surface area (TPSA) is 40.5 Å². The van der Waals surface area contributed by atoms with Gasteiger partial charge in [0.05, 0.1) is 4.34 Å². The molecule has 0 saturated carbocycles. The predicted octanol–water partition coefficient (Wildman–Crippen LogP) is 3.62. The summed E-state index contributed by atoms with van der Waals surface area (Å²) in [5, 5.41) is 8.79. The summed E-state index contributed by atoms with van der Waals surface area (Å²) < 4.78 is 0.823. The van der Waals surface area contributed by atoms with Gasteiger partial charge in [0.2, 0.25) is 0 Å². The Labute approximate surface area is 116 Å². The van der Waals surface area contributed by atoms with Gasteiger partial charge in [0.25, 0.3) is 0 Å². The molecule has 1 fully saturated rings. The Morgan fingerprint density at radius 3 is 3.00 bits per heavy atom. The Hall–Kier alpha value is -0.580. The van der Waals surface area contributed by atoms with Crippen LogP contribution in [-0.2, 0) is 11.3 Å². The number of hydrogen-bond donors (Lipinski definition) is 1. The van der Waals surface area contributed by atoms with Crippen molar-refractivity contribution in [1.29, 1.82) is 0 Å². The molecule has 1 atom stereocenters. The Kier molecular flexibility index (Phi) is 5.03. The number of nitrogens with zero attached hydrogens (tertiary/aromatic N) is 1. The second-order valence-corrected chi connectivity index (χ2v) is 6.56. The van der Waals surface area contributed by atoms with E-state index in [0.29, 0.717) is 6.04 Å². The highest BCUT2D eigenvalue weighted by atomic mass is 35.5. The molecule has 1 aromatic rings. The largest absolute Gasteiger partial charge is 0.481 e. The number of hydrogen-bond acceptors (Lipinski definition) is 3. The third-order valence-electron chi connectivity index (χ3n) is 3.43. The first-order valence-electron chi connectivity index (χ1n) is 6.35.